The van der Waals surface area contributed by atoms with Crippen LogP contribution in [-0.2, 0) is 22.4 Å². The standard InChI is InChI=1S/C46H66N4O7/c1-8-9-10-11-12-13-14-15-16-17-18-19-20-21-28(2)46(53)48-26-37-39-33(43(57-31(5)51)30(4)44-45(39)56-27-55-44)24-35-40-38-32(22-29(3)42(54-7)41(38)52)23-34(49(40)6)36(25-47)50(35)37/h22,28,34-37,40,52H,8-21,23-24,26-27H2,1-7H3,(H,48,53)/t28?,34-,35?,36-,37-,40-/m0/s1. The first-order chi connectivity index (χ1) is 27.5. The van der Waals surface area contributed by atoms with Crippen LogP contribution in [-0.4, -0.2) is 72.4 Å². The molecule has 57 heavy (non-hydrogen) atoms. The molecule has 1 amide bonds. The van der Waals surface area contributed by atoms with E-state index in [1.165, 1.54) is 77.6 Å². The number of fused-ring (bicyclic) bond motifs is 9. The normalized spacial score (nSPS) is 22.5. The molecule has 4 aliphatic rings. The molecule has 2 aromatic rings. The Balaban J connectivity index is 1.21. The van der Waals surface area contributed by atoms with Crippen LogP contribution in [0.3, 0.4) is 0 Å². The van der Waals surface area contributed by atoms with Crippen molar-refractivity contribution in [3.63, 3.8) is 0 Å². The third kappa shape index (κ3) is 8.73. The number of likely N-dealkylation sites (N-methyl/N-ethyl adjacent to an activating group) is 1. The highest BCUT2D eigenvalue weighted by Gasteiger charge is 2.57. The van der Waals surface area contributed by atoms with E-state index in [9.17, 15) is 20.0 Å². The van der Waals surface area contributed by atoms with Crippen molar-refractivity contribution in [2.24, 2.45) is 5.92 Å². The topological polar surface area (TPSA) is 134 Å². The van der Waals surface area contributed by atoms with Crippen LogP contribution in [0.4, 0.5) is 0 Å². The molecule has 1 saturated heterocycles. The van der Waals surface area contributed by atoms with Crippen molar-refractivity contribution < 1.29 is 33.6 Å². The Morgan fingerprint density at radius 1 is 0.947 bits per heavy atom. The number of hydrogen-bond donors (Lipinski definition) is 2. The van der Waals surface area contributed by atoms with Gasteiger partial charge in [0.1, 0.15) is 11.8 Å². The van der Waals surface area contributed by atoms with Crippen LogP contribution in [0, 0.1) is 31.1 Å². The summed E-state index contributed by atoms with van der Waals surface area (Å²) >= 11 is 0. The average Bonchev–Trinajstić information content (AvgIpc) is 3.68. The molecule has 0 spiro atoms. The van der Waals surface area contributed by atoms with Crippen LogP contribution in [0.5, 0.6) is 28.7 Å². The van der Waals surface area contributed by atoms with Gasteiger partial charge in [-0.25, -0.2) is 0 Å². The summed E-state index contributed by atoms with van der Waals surface area (Å²) in [7, 11) is 3.59. The third-order valence-electron chi connectivity index (χ3n) is 13.2. The number of nitrogens with one attached hydrogen (secondary N) is 1. The molecule has 2 aromatic carbocycles. The summed E-state index contributed by atoms with van der Waals surface area (Å²) in [6.45, 7) is 9.67. The fourth-order valence-electron chi connectivity index (χ4n) is 10.3. The number of nitrogens with zero attached hydrogens (tertiary/aromatic N) is 3. The second-order valence-electron chi connectivity index (χ2n) is 17.0. The molecule has 2 bridgehead atoms. The van der Waals surface area contributed by atoms with Gasteiger partial charge in [0, 0.05) is 53.7 Å². The van der Waals surface area contributed by atoms with Crippen molar-refractivity contribution in [2.45, 2.75) is 168 Å². The zero-order valence-electron chi connectivity index (χ0n) is 35.5. The zero-order chi connectivity index (χ0) is 40.8. The van der Waals surface area contributed by atoms with Crippen LogP contribution < -0.4 is 24.3 Å². The van der Waals surface area contributed by atoms with Gasteiger partial charge in [-0.1, -0.05) is 103 Å². The molecule has 6 atom stereocenters. The van der Waals surface area contributed by atoms with E-state index in [1.807, 2.05) is 27.8 Å². The lowest BCUT2D eigenvalue weighted by Crippen LogP contribution is -2.68. The Kier molecular flexibility index (Phi) is 14.3. The number of ether oxygens (including phenoxy) is 4. The molecule has 312 valence electrons. The average molecular weight is 787 g/mol. The number of phenols is 1. The Bertz CT molecular complexity index is 1810. The maximum absolute atomic E-state index is 13.8. The van der Waals surface area contributed by atoms with Crippen molar-refractivity contribution >= 4 is 11.9 Å². The van der Waals surface area contributed by atoms with E-state index >= 15 is 0 Å². The molecule has 11 heteroatoms. The molecule has 6 rings (SSSR count). The quantitative estimate of drug-likeness (QED) is 0.0810. The Morgan fingerprint density at radius 2 is 1.58 bits per heavy atom. The van der Waals surface area contributed by atoms with Gasteiger partial charge in [0.25, 0.3) is 0 Å². The lowest BCUT2D eigenvalue weighted by atomic mass is 9.71. The van der Waals surface area contributed by atoms with Crippen LogP contribution in [0.2, 0.25) is 0 Å². The van der Waals surface area contributed by atoms with E-state index in [0.717, 1.165) is 47.1 Å². The number of methoxy groups -OCH3 is 1. The summed E-state index contributed by atoms with van der Waals surface area (Å²) in [6.07, 6.45) is 18.5. The third-order valence-corrected chi connectivity index (χ3v) is 13.2. The number of amides is 1. The number of esters is 1. The van der Waals surface area contributed by atoms with Crippen LogP contribution in [0.1, 0.15) is 156 Å². The van der Waals surface area contributed by atoms with Crippen LogP contribution >= 0.6 is 0 Å². The number of carbonyl (C=O) groups excluding carboxylic acids is 2. The van der Waals surface area contributed by atoms with Gasteiger partial charge in [0.15, 0.2) is 23.0 Å². The second kappa shape index (κ2) is 19.2. The Hall–Kier alpha value is -4.01. The maximum atomic E-state index is 13.8. The number of carbonyl (C=O) groups is 2. The number of nitriles is 1. The van der Waals surface area contributed by atoms with Gasteiger partial charge in [-0.15, -0.1) is 0 Å². The van der Waals surface area contributed by atoms with Crippen molar-refractivity contribution in [2.75, 3.05) is 27.5 Å². The number of unbranched alkanes of at least 4 members (excludes halogenated alkanes) is 12. The number of rotatable bonds is 19. The number of aromatic hydroxyl groups is 1. The molecule has 0 aliphatic carbocycles. The highest BCUT2D eigenvalue weighted by atomic mass is 16.7. The molecule has 4 heterocycles. The predicted octanol–water partition coefficient (Wildman–Crippen LogP) is 8.68. The smallest absolute Gasteiger partial charge is 0.308 e. The molecule has 0 aromatic heterocycles. The van der Waals surface area contributed by atoms with E-state index in [0.29, 0.717) is 41.4 Å². The van der Waals surface area contributed by atoms with Crippen molar-refractivity contribution in [3.05, 3.63) is 39.4 Å². The van der Waals surface area contributed by atoms with Crippen molar-refractivity contribution in [1.29, 1.82) is 5.26 Å². The lowest BCUT2D eigenvalue weighted by molar-refractivity contribution is -0.132. The summed E-state index contributed by atoms with van der Waals surface area (Å²) in [5.41, 5.74) is 4.86. The van der Waals surface area contributed by atoms with Gasteiger partial charge < -0.3 is 29.4 Å². The zero-order valence-corrected chi connectivity index (χ0v) is 35.5. The van der Waals surface area contributed by atoms with E-state index in [2.05, 4.69) is 34.2 Å². The van der Waals surface area contributed by atoms with Gasteiger partial charge >= 0.3 is 5.97 Å². The summed E-state index contributed by atoms with van der Waals surface area (Å²) in [5.74, 6) is 1.40. The summed E-state index contributed by atoms with van der Waals surface area (Å²) in [4.78, 5) is 30.9. The Morgan fingerprint density at radius 3 is 2.19 bits per heavy atom. The molecular formula is C46H66N4O7. The Labute approximate surface area is 340 Å². The molecule has 0 saturated carbocycles. The summed E-state index contributed by atoms with van der Waals surface area (Å²) < 4.78 is 23.8. The van der Waals surface area contributed by atoms with Crippen molar-refractivity contribution in [3.8, 4) is 34.8 Å². The minimum Gasteiger partial charge on any atom is -0.504 e. The van der Waals surface area contributed by atoms with Gasteiger partial charge in [-0.05, 0) is 51.3 Å². The molecule has 4 aliphatic heterocycles. The number of aryl methyl sites for hydroxylation is 1. The van der Waals surface area contributed by atoms with Gasteiger partial charge in [0.2, 0.25) is 12.7 Å². The minimum atomic E-state index is -0.552. The fourth-order valence-corrected chi connectivity index (χ4v) is 10.3. The summed E-state index contributed by atoms with van der Waals surface area (Å²) in [5, 5.41) is 26.1. The highest BCUT2D eigenvalue weighted by molar-refractivity contribution is 5.78. The first-order valence-corrected chi connectivity index (χ1v) is 21.7. The molecule has 2 N–H and O–H groups in total. The van der Waals surface area contributed by atoms with E-state index < -0.39 is 18.1 Å². The minimum absolute atomic E-state index is 0.0147. The summed E-state index contributed by atoms with van der Waals surface area (Å²) in [6, 6.07) is 2.84. The van der Waals surface area contributed by atoms with Gasteiger partial charge in [0.05, 0.1) is 25.3 Å². The number of phenolic OH excluding ortho intramolecular Hbond substituents is 1. The van der Waals surface area contributed by atoms with E-state index in [-0.39, 0.29) is 49.0 Å². The number of hydrogen-bond acceptors (Lipinski definition) is 10. The first kappa shape index (κ1) is 42.6. The first-order valence-electron chi connectivity index (χ1n) is 21.7. The highest BCUT2D eigenvalue weighted by Crippen LogP contribution is 2.58. The van der Waals surface area contributed by atoms with E-state index in [1.54, 1.807) is 7.11 Å². The second-order valence-corrected chi connectivity index (χ2v) is 17.0. The number of piperazine rings is 1. The van der Waals surface area contributed by atoms with Crippen LogP contribution in [0.25, 0.3) is 0 Å². The predicted molar refractivity (Wildman–Crippen MR) is 220 cm³/mol. The fraction of sp³-hybridized carbons (Fsp3) is 0.674. The van der Waals surface area contributed by atoms with Crippen molar-refractivity contribution in [1.82, 2.24) is 15.1 Å². The largest absolute Gasteiger partial charge is 0.504 e. The number of benzene rings is 2. The van der Waals surface area contributed by atoms with Crippen LogP contribution in [0.15, 0.2) is 6.07 Å². The molecule has 0 radical (unpaired) electrons. The molecular weight excluding hydrogens is 721 g/mol. The molecule has 2 unspecified atom stereocenters. The SMILES string of the molecule is CCCCCCCCCCCCCCCC(C)C(=O)NC[C@H]1c2c(c(OC(C)=O)c(C)c3c2OCO3)CC2[C@H]3c4c(cc(C)c(OC)c4O)C[C@@H]([C@H](C#N)N21)N3C. The van der Waals surface area contributed by atoms with E-state index in [4.69, 9.17) is 18.9 Å². The molecule has 11 nitrogen and oxygen atoms in total. The van der Waals surface area contributed by atoms with Gasteiger partial charge in [-0.2, -0.15) is 5.26 Å². The van der Waals surface area contributed by atoms with Gasteiger partial charge in [-0.3, -0.25) is 19.4 Å². The molecule has 1 fully saturated rings. The maximum Gasteiger partial charge on any atom is 0.308 e. The lowest BCUT2D eigenvalue weighted by Gasteiger charge is -2.60. The monoisotopic (exact) mass is 786 g/mol.